The van der Waals surface area contributed by atoms with E-state index in [1.165, 1.54) is 0 Å². The van der Waals surface area contributed by atoms with Gasteiger partial charge in [0, 0.05) is 0 Å². The summed E-state index contributed by atoms with van der Waals surface area (Å²) in [6, 6.07) is 0. The van der Waals surface area contributed by atoms with Crippen molar-refractivity contribution in [3.05, 3.63) is 0 Å². The molecule has 0 saturated heterocycles. The molecule has 0 unspecified atom stereocenters. The Morgan fingerprint density at radius 2 is 0.400 bits per heavy atom. The zero-order valence-electron chi connectivity index (χ0n) is 5.34. The van der Waals surface area contributed by atoms with E-state index in [1.807, 2.05) is 0 Å². The average Bonchev–Trinajstić information content (AvgIpc) is 0. The van der Waals surface area contributed by atoms with Gasteiger partial charge < -0.3 is 38.3 Å². The van der Waals surface area contributed by atoms with Crippen LogP contribution in [0.15, 0.2) is 0 Å². The Labute approximate surface area is 114 Å². The van der Waals surface area contributed by atoms with Crippen LogP contribution in [0.3, 0.4) is 0 Å². The van der Waals surface area contributed by atoms with Crippen molar-refractivity contribution in [2.24, 2.45) is 0 Å². The van der Waals surface area contributed by atoms with Gasteiger partial charge in [0.2, 0.25) is 0 Å². The SMILES string of the molecule is [Na+].[OH-].[OH-].[OH-].[OH-].[OH-].[OH-].[OH-].[Sn+4].[TeH4+2]. The number of rotatable bonds is 0. The first-order valence-corrected chi connectivity index (χ1v) is 0. The Morgan fingerprint density at radius 1 is 0.400 bits per heavy atom. The third-order valence-electron chi connectivity index (χ3n) is 0. The molecule has 0 rings (SSSR count). The Balaban J connectivity index is 0. The molecular formula is H11NaO7SnTe. The van der Waals surface area contributed by atoms with Crippen molar-refractivity contribution in [3.8, 4) is 0 Å². The molecule has 0 heterocycles. The van der Waals surface area contributed by atoms with Crippen LogP contribution in [0.2, 0.25) is 0 Å². The zero-order valence-corrected chi connectivity index (χ0v) is 14.2. The maximum atomic E-state index is 0. The maximum absolute atomic E-state index is 0. The van der Waals surface area contributed by atoms with Crippen molar-refractivity contribution >= 4 is 47.6 Å². The van der Waals surface area contributed by atoms with E-state index in [0.29, 0.717) is 0 Å². The van der Waals surface area contributed by atoms with Crippen LogP contribution in [0, 0.1) is 0 Å². The van der Waals surface area contributed by atoms with Crippen LogP contribution in [-0.4, -0.2) is 85.9 Å². The number of hydrogen-bond donors (Lipinski definition) is 0. The molecule has 0 saturated carbocycles. The van der Waals surface area contributed by atoms with Crippen LogP contribution < -0.4 is 29.6 Å². The minimum atomic E-state index is 0. The molecule has 0 spiro atoms. The Hall–Kier alpha value is 2.31. The topological polar surface area (TPSA) is 210 Å². The van der Waals surface area contributed by atoms with Crippen molar-refractivity contribution in [3.63, 3.8) is 0 Å². The number of hydrogen-bond acceptors (Lipinski definition) is 7. The first-order valence-electron chi connectivity index (χ1n) is 0. The molecule has 7 nitrogen and oxygen atoms in total. The van der Waals surface area contributed by atoms with Crippen LogP contribution >= 0.6 is 0 Å². The minimum absolute atomic E-state index is 0. The fourth-order valence-electron chi connectivity index (χ4n) is 0. The van der Waals surface area contributed by atoms with Gasteiger partial charge in [-0.3, -0.25) is 0 Å². The third-order valence-corrected chi connectivity index (χ3v) is 0. The second-order valence-corrected chi connectivity index (χ2v) is 0. The molecule has 0 aliphatic heterocycles. The molecule has 0 radical (unpaired) electrons. The van der Waals surface area contributed by atoms with Gasteiger partial charge in [-0.05, 0) is 0 Å². The van der Waals surface area contributed by atoms with E-state index < -0.39 is 0 Å². The van der Waals surface area contributed by atoms with Gasteiger partial charge in [0.05, 0.1) is 0 Å². The quantitative estimate of drug-likeness (QED) is 0.364. The molecule has 0 aliphatic rings. The normalized spacial score (nSPS) is 0. The van der Waals surface area contributed by atoms with Crippen LogP contribution in [0.1, 0.15) is 0 Å². The van der Waals surface area contributed by atoms with Gasteiger partial charge in [-0.1, -0.05) is 0 Å². The predicted molar refractivity (Wildman–Crippen MR) is 30.6 cm³/mol. The van der Waals surface area contributed by atoms with Gasteiger partial charge in [0.15, 0.2) is 0 Å². The Kier molecular flexibility index (Phi) is 6660. The summed E-state index contributed by atoms with van der Waals surface area (Å²) in [5.41, 5.74) is 0. The Bertz CT molecular complexity index is 13.6. The molecule has 0 aliphatic carbocycles. The molecule has 0 amide bonds. The van der Waals surface area contributed by atoms with E-state index in [2.05, 4.69) is 0 Å². The van der Waals surface area contributed by atoms with Crippen LogP contribution in [0.25, 0.3) is 0 Å². The van der Waals surface area contributed by atoms with Gasteiger partial charge in [0.1, 0.15) is 0 Å². The molecule has 0 atom stereocenters. The first kappa shape index (κ1) is 295. The van der Waals surface area contributed by atoms with Crippen molar-refractivity contribution in [2.75, 3.05) is 0 Å². The second kappa shape index (κ2) is 226. The summed E-state index contributed by atoms with van der Waals surface area (Å²) in [6.45, 7) is 0. The first-order chi connectivity index (χ1) is 0. The van der Waals surface area contributed by atoms with Crippen LogP contribution in [-0.2, 0) is 0 Å². The van der Waals surface area contributed by atoms with Gasteiger partial charge in [-0.15, -0.1) is 0 Å². The van der Waals surface area contributed by atoms with Crippen LogP contribution in [0.4, 0.5) is 0 Å². The third kappa shape index (κ3) is 168. The summed E-state index contributed by atoms with van der Waals surface area (Å²) in [5.74, 6) is 0. The predicted octanol–water partition coefficient (Wildman–Crippen LogP) is -6.07. The van der Waals surface area contributed by atoms with Crippen molar-refractivity contribution < 1.29 is 67.9 Å². The van der Waals surface area contributed by atoms with E-state index >= 15 is 0 Å². The van der Waals surface area contributed by atoms with E-state index in [9.17, 15) is 0 Å². The Morgan fingerprint density at radius 3 is 0.400 bits per heavy atom. The molecule has 10 heavy (non-hydrogen) atoms. The van der Waals surface area contributed by atoms with Crippen molar-refractivity contribution in [1.82, 2.24) is 0 Å². The fourth-order valence-corrected chi connectivity index (χ4v) is 0. The van der Waals surface area contributed by atoms with Gasteiger partial charge in [0.25, 0.3) is 0 Å². The summed E-state index contributed by atoms with van der Waals surface area (Å²) in [6.07, 6.45) is 0. The second-order valence-electron chi connectivity index (χ2n) is 0. The van der Waals surface area contributed by atoms with Crippen molar-refractivity contribution in [1.29, 1.82) is 0 Å². The molecule has 0 fully saturated rings. The van der Waals surface area contributed by atoms with Gasteiger partial charge in [-0.25, -0.2) is 0 Å². The van der Waals surface area contributed by atoms with E-state index in [-0.39, 0.29) is 115 Å². The van der Waals surface area contributed by atoms with E-state index in [0.717, 1.165) is 0 Å². The summed E-state index contributed by atoms with van der Waals surface area (Å²) in [5, 5.41) is 0. The van der Waals surface area contributed by atoms with Gasteiger partial charge in [-0.2, -0.15) is 0 Å². The summed E-state index contributed by atoms with van der Waals surface area (Å²) >= 11 is 0. The molecule has 0 aromatic rings. The average molecular weight is 392 g/mol. The van der Waals surface area contributed by atoms with E-state index in [1.54, 1.807) is 0 Å². The monoisotopic (exact) mass is 396 g/mol. The zero-order chi connectivity index (χ0) is 0. The summed E-state index contributed by atoms with van der Waals surface area (Å²) < 4.78 is 0. The van der Waals surface area contributed by atoms with E-state index in [4.69, 9.17) is 0 Å². The van der Waals surface area contributed by atoms with Crippen molar-refractivity contribution in [2.45, 2.75) is 0 Å². The molecule has 0 bridgehead atoms. The summed E-state index contributed by atoms with van der Waals surface area (Å²) in [4.78, 5) is 0. The molecule has 7 N–H and O–H groups in total. The van der Waals surface area contributed by atoms with Gasteiger partial charge >= 0.3 is 77.1 Å². The van der Waals surface area contributed by atoms with Crippen LogP contribution in [0.5, 0.6) is 0 Å². The standard InChI is InChI=1S/Na.7H2O.Sn.H4Te/h;7*1H2;;1H4/q+1;;;;;;;;+4;+2/p-7. The molecule has 64 valence electrons. The fraction of sp³-hybridized carbons (Fsp3) is 0. The molecule has 0 aromatic carbocycles. The molecular weight excluding hydrogens is 381 g/mol. The summed E-state index contributed by atoms with van der Waals surface area (Å²) in [7, 11) is 0. The molecule has 10 heteroatoms. The molecule has 0 aromatic heterocycles.